The van der Waals surface area contributed by atoms with Crippen LogP contribution in [0.2, 0.25) is 0 Å². The molecule has 5 nitrogen and oxygen atoms in total. The molecule has 122 valence electrons. The summed E-state index contributed by atoms with van der Waals surface area (Å²) in [5.41, 5.74) is 3.50. The fourth-order valence-corrected chi connectivity index (χ4v) is 3.31. The molecule has 0 N–H and O–H groups in total. The Morgan fingerprint density at radius 1 is 1.35 bits per heavy atom. The summed E-state index contributed by atoms with van der Waals surface area (Å²) in [6.07, 6.45) is 2.12. The molecule has 1 saturated carbocycles. The van der Waals surface area contributed by atoms with Gasteiger partial charge in [0.05, 0.1) is 25.4 Å². The Morgan fingerprint density at radius 2 is 2.13 bits per heavy atom. The number of hydrogen-bond acceptors (Lipinski definition) is 5. The van der Waals surface area contributed by atoms with Crippen LogP contribution in [-0.2, 0) is 6.54 Å². The van der Waals surface area contributed by atoms with Gasteiger partial charge in [-0.1, -0.05) is 0 Å². The summed E-state index contributed by atoms with van der Waals surface area (Å²) >= 11 is 1.40. The maximum absolute atomic E-state index is 12.9. The zero-order chi connectivity index (χ0) is 16.4. The summed E-state index contributed by atoms with van der Waals surface area (Å²) < 4.78 is 10.7. The van der Waals surface area contributed by atoms with E-state index in [0.29, 0.717) is 12.6 Å². The van der Waals surface area contributed by atoms with Crippen molar-refractivity contribution in [3.8, 4) is 11.5 Å². The summed E-state index contributed by atoms with van der Waals surface area (Å²) in [4.78, 5) is 19.7. The highest BCUT2D eigenvalue weighted by atomic mass is 32.1. The molecule has 0 unspecified atom stereocenters. The van der Waals surface area contributed by atoms with E-state index in [2.05, 4.69) is 4.98 Å². The van der Waals surface area contributed by atoms with Crippen LogP contribution in [-0.4, -0.2) is 36.1 Å². The van der Waals surface area contributed by atoms with E-state index in [9.17, 15) is 4.79 Å². The zero-order valence-corrected chi connectivity index (χ0v) is 14.4. The largest absolute Gasteiger partial charge is 0.497 e. The third kappa shape index (κ3) is 3.32. The smallest absolute Gasteiger partial charge is 0.266 e. The first-order chi connectivity index (χ1) is 11.1. The number of rotatable bonds is 6. The van der Waals surface area contributed by atoms with Crippen molar-refractivity contribution in [1.82, 2.24) is 9.88 Å². The van der Waals surface area contributed by atoms with E-state index >= 15 is 0 Å². The van der Waals surface area contributed by atoms with Crippen LogP contribution in [0.5, 0.6) is 11.5 Å². The number of benzene rings is 1. The summed E-state index contributed by atoms with van der Waals surface area (Å²) in [6, 6.07) is 6.02. The average molecular weight is 332 g/mol. The van der Waals surface area contributed by atoms with Crippen LogP contribution in [0.25, 0.3) is 0 Å². The Bertz CT molecular complexity index is 710. The first-order valence-electron chi connectivity index (χ1n) is 7.56. The number of nitrogens with zero attached hydrogens (tertiary/aromatic N) is 2. The minimum absolute atomic E-state index is 0.0605. The molecule has 0 aliphatic heterocycles. The standard InChI is InChI=1S/C17H20N2O3S/c1-11-16(23-10-18-11)17(20)19(13-5-6-13)9-12-4-7-14(21-2)8-15(12)22-3/h4,7-8,10,13H,5-6,9H2,1-3H3. The van der Waals surface area contributed by atoms with E-state index in [-0.39, 0.29) is 5.91 Å². The lowest BCUT2D eigenvalue weighted by Gasteiger charge is -2.23. The van der Waals surface area contributed by atoms with Gasteiger partial charge in [0.1, 0.15) is 16.4 Å². The van der Waals surface area contributed by atoms with Crippen LogP contribution >= 0.6 is 11.3 Å². The van der Waals surface area contributed by atoms with Gasteiger partial charge in [-0.3, -0.25) is 4.79 Å². The molecule has 0 atom stereocenters. The van der Waals surface area contributed by atoms with Crippen LogP contribution < -0.4 is 9.47 Å². The minimum atomic E-state index is 0.0605. The number of aryl methyl sites for hydroxylation is 1. The quantitative estimate of drug-likeness (QED) is 0.815. The van der Waals surface area contributed by atoms with Crippen LogP contribution in [0.4, 0.5) is 0 Å². The molecule has 23 heavy (non-hydrogen) atoms. The minimum Gasteiger partial charge on any atom is -0.497 e. The molecule has 0 radical (unpaired) electrons. The second-order valence-electron chi connectivity index (χ2n) is 5.61. The van der Waals surface area contributed by atoms with Gasteiger partial charge in [0, 0.05) is 24.2 Å². The summed E-state index contributed by atoms with van der Waals surface area (Å²) in [5, 5.41) is 0. The van der Waals surface area contributed by atoms with Gasteiger partial charge in [-0.05, 0) is 31.9 Å². The molecule has 1 fully saturated rings. The molecular weight excluding hydrogens is 312 g/mol. The van der Waals surface area contributed by atoms with Gasteiger partial charge in [0.15, 0.2) is 0 Å². The van der Waals surface area contributed by atoms with E-state index < -0.39 is 0 Å². The van der Waals surface area contributed by atoms with Gasteiger partial charge < -0.3 is 14.4 Å². The van der Waals surface area contributed by atoms with Crippen LogP contribution in [0.3, 0.4) is 0 Å². The molecule has 0 spiro atoms. The molecule has 2 aromatic rings. The number of hydrogen-bond donors (Lipinski definition) is 0. The molecular formula is C17H20N2O3S. The Kier molecular flexibility index (Phi) is 4.52. The van der Waals surface area contributed by atoms with Crippen molar-refractivity contribution in [1.29, 1.82) is 0 Å². The molecule has 1 aromatic heterocycles. The number of carbonyl (C=O) groups is 1. The fourth-order valence-electron chi connectivity index (χ4n) is 2.56. The van der Waals surface area contributed by atoms with E-state index in [1.165, 1.54) is 11.3 Å². The van der Waals surface area contributed by atoms with Crippen molar-refractivity contribution in [3.05, 3.63) is 39.8 Å². The molecule has 6 heteroatoms. The molecule has 1 amide bonds. The van der Waals surface area contributed by atoms with Crippen molar-refractivity contribution in [2.75, 3.05) is 14.2 Å². The van der Waals surface area contributed by atoms with E-state index in [4.69, 9.17) is 9.47 Å². The molecule has 1 heterocycles. The normalized spacial score (nSPS) is 13.7. The van der Waals surface area contributed by atoms with Gasteiger partial charge in [0.25, 0.3) is 5.91 Å². The fraction of sp³-hybridized carbons (Fsp3) is 0.412. The zero-order valence-electron chi connectivity index (χ0n) is 13.5. The number of carbonyl (C=O) groups excluding carboxylic acids is 1. The highest BCUT2D eigenvalue weighted by molar-refractivity contribution is 7.11. The number of thiazole rings is 1. The van der Waals surface area contributed by atoms with Gasteiger partial charge in [-0.2, -0.15) is 0 Å². The van der Waals surface area contributed by atoms with Crippen molar-refractivity contribution >= 4 is 17.2 Å². The summed E-state index contributed by atoms with van der Waals surface area (Å²) in [6.45, 7) is 2.41. The maximum Gasteiger partial charge on any atom is 0.266 e. The van der Waals surface area contributed by atoms with Crippen molar-refractivity contribution in [2.24, 2.45) is 0 Å². The first-order valence-corrected chi connectivity index (χ1v) is 8.44. The number of amides is 1. The topological polar surface area (TPSA) is 51.7 Å². The second-order valence-corrected chi connectivity index (χ2v) is 6.46. The van der Waals surface area contributed by atoms with Crippen molar-refractivity contribution in [2.45, 2.75) is 32.4 Å². The predicted molar refractivity (Wildman–Crippen MR) is 89.3 cm³/mol. The monoisotopic (exact) mass is 332 g/mol. The number of methoxy groups -OCH3 is 2. The lowest BCUT2D eigenvalue weighted by Crippen LogP contribution is -2.32. The Morgan fingerprint density at radius 3 is 2.70 bits per heavy atom. The van der Waals surface area contributed by atoms with Crippen LogP contribution in [0, 0.1) is 6.92 Å². The van der Waals surface area contributed by atoms with E-state index in [1.807, 2.05) is 30.0 Å². The van der Waals surface area contributed by atoms with Gasteiger partial charge in [-0.15, -0.1) is 11.3 Å². The predicted octanol–water partition coefficient (Wildman–Crippen LogP) is 3.27. The molecule has 1 aliphatic carbocycles. The third-order valence-corrected chi connectivity index (χ3v) is 4.94. The highest BCUT2D eigenvalue weighted by Crippen LogP contribution is 2.33. The van der Waals surface area contributed by atoms with E-state index in [0.717, 1.165) is 40.5 Å². The van der Waals surface area contributed by atoms with Crippen molar-refractivity contribution in [3.63, 3.8) is 0 Å². The Hall–Kier alpha value is -2.08. The molecule has 0 saturated heterocycles. The van der Waals surface area contributed by atoms with Crippen molar-refractivity contribution < 1.29 is 14.3 Å². The molecule has 3 rings (SSSR count). The Balaban J connectivity index is 1.86. The second kappa shape index (κ2) is 6.58. The lowest BCUT2D eigenvalue weighted by atomic mass is 10.1. The maximum atomic E-state index is 12.9. The molecule has 1 aromatic carbocycles. The number of ether oxygens (including phenoxy) is 2. The lowest BCUT2D eigenvalue weighted by molar-refractivity contribution is 0.0732. The Labute approximate surface area is 139 Å². The summed E-state index contributed by atoms with van der Waals surface area (Å²) in [5.74, 6) is 1.54. The third-order valence-electron chi connectivity index (χ3n) is 4.02. The molecule has 1 aliphatic rings. The van der Waals surface area contributed by atoms with Gasteiger partial charge >= 0.3 is 0 Å². The van der Waals surface area contributed by atoms with Gasteiger partial charge in [-0.25, -0.2) is 4.98 Å². The van der Waals surface area contributed by atoms with Gasteiger partial charge in [0.2, 0.25) is 0 Å². The first kappa shape index (κ1) is 15.8. The summed E-state index contributed by atoms with van der Waals surface area (Å²) in [7, 11) is 3.26. The van der Waals surface area contributed by atoms with Crippen LogP contribution in [0.15, 0.2) is 23.7 Å². The highest BCUT2D eigenvalue weighted by Gasteiger charge is 2.34. The van der Waals surface area contributed by atoms with E-state index in [1.54, 1.807) is 19.7 Å². The molecule has 0 bridgehead atoms. The SMILES string of the molecule is COc1ccc(CN(C(=O)c2scnc2C)C2CC2)c(OC)c1. The average Bonchev–Trinajstić information content (AvgIpc) is 3.32. The van der Waals surface area contributed by atoms with Crippen LogP contribution in [0.1, 0.15) is 33.8 Å². The number of aromatic nitrogens is 1.